The summed E-state index contributed by atoms with van der Waals surface area (Å²) in [6, 6.07) is 9.50. The number of para-hydroxylation sites is 1. The lowest BCUT2D eigenvalue weighted by molar-refractivity contribution is 0.313. The third-order valence-electron chi connectivity index (χ3n) is 5.29. The number of hydrogen-bond acceptors (Lipinski definition) is 7. The molecule has 2 aromatic heterocycles. The predicted octanol–water partition coefficient (Wildman–Crippen LogP) is 2.36. The van der Waals surface area contributed by atoms with Crippen LogP contribution >= 0.6 is 0 Å². The van der Waals surface area contributed by atoms with Crippen LogP contribution < -0.4 is 4.90 Å². The minimum atomic E-state index is -3.45. The lowest BCUT2D eigenvalue weighted by Gasteiger charge is -2.36. The zero-order valence-electron chi connectivity index (χ0n) is 15.9. The van der Waals surface area contributed by atoms with E-state index in [0.29, 0.717) is 24.4 Å². The molecule has 3 aromatic rings. The molecule has 1 aliphatic rings. The highest BCUT2D eigenvalue weighted by atomic mass is 32.2. The van der Waals surface area contributed by atoms with Crippen LogP contribution in [0.4, 0.5) is 5.82 Å². The summed E-state index contributed by atoms with van der Waals surface area (Å²) < 4.78 is 32.6. The second-order valence-electron chi connectivity index (χ2n) is 7.14. The molecule has 0 bridgehead atoms. The smallest absolute Gasteiger partial charge is 0.220 e. The largest absolute Gasteiger partial charge is 0.356 e. The van der Waals surface area contributed by atoms with Crippen molar-refractivity contribution in [1.29, 1.82) is 0 Å². The maximum atomic E-state index is 12.9. The van der Waals surface area contributed by atoms with Crippen molar-refractivity contribution in [3.63, 3.8) is 0 Å². The van der Waals surface area contributed by atoms with E-state index in [0.717, 1.165) is 29.7 Å². The molecular weight excluding hydrogens is 378 g/mol. The van der Waals surface area contributed by atoms with Crippen LogP contribution in [0.25, 0.3) is 11.0 Å². The molecule has 0 unspecified atom stereocenters. The molecule has 3 heterocycles. The molecule has 0 spiro atoms. The fraction of sp³-hybridized carbons (Fsp3) is 0.421. The average Bonchev–Trinajstić information content (AvgIpc) is 3.10. The summed E-state index contributed by atoms with van der Waals surface area (Å²) in [7, 11) is -1.45. The molecule has 0 N–H and O–H groups in total. The molecule has 148 valence electrons. The van der Waals surface area contributed by atoms with E-state index >= 15 is 0 Å². The van der Waals surface area contributed by atoms with Crippen LogP contribution in [0.1, 0.15) is 24.2 Å². The van der Waals surface area contributed by atoms with Crippen molar-refractivity contribution in [2.24, 2.45) is 0 Å². The van der Waals surface area contributed by atoms with Crippen molar-refractivity contribution in [2.45, 2.75) is 31.6 Å². The quantitative estimate of drug-likeness (QED) is 0.648. The first-order valence-corrected chi connectivity index (χ1v) is 10.9. The summed E-state index contributed by atoms with van der Waals surface area (Å²) >= 11 is 0. The van der Waals surface area contributed by atoms with Gasteiger partial charge in [0.05, 0.1) is 0 Å². The SMILES string of the molecule is Cc1cc(N(C)C2CCN(S(=O)(=O)Cc3noc4ccccc34)CC2)ncn1. The highest BCUT2D eigenvalue weighted by molar-refractivity contribution is 7.88. The Bertz CT molecular complexity index is 1070. The van der Waals surface area contributed by atoms with Crippen LogP contribution in [0.3, 0.4) is 0 Å². The molecule has 28 heavy (non-hydrogen) atoms. The molecule has 4 rings (SSSR count). The number of aryl methyl sites for hydroxylation is 1. The zero-order valence-corrected chi connectivity index (χ0v) is 16.8. The lowest BCUT2D eigenvalue weighted by atomic mass is 10.1. The Morgan fingerprint density at radius 1 is 1.21 bits per heavy atom. The van der Waals surface area contributed by atoms with E-state index in [1.807, 2.05) is 38.2 Å². The number of rotatable bonds is 5. The van der Waals surface area contributed by atoms with E-state index in [1.165, 1.54) is 0 Å². The minimum absolute atomic E-state index is 0.143. The van der Waals surface area contributed by atoms with E-state index in [9.17, 15) is 8.42 Å². The first-order chi connectivity index (χ1) is 13.4. The van der Waals surface area contributed by atoms with Gasteiger partial charge in [-0.05, 0) is 31.9 Å². The van der Waals surface area contributed by atoms with Crippen LogP contribution in [0.15, 0.2) is 41.2 Å². The van der Waals surface area contributed by atoms with Crippen LogP contribution in [0, 0.1) is 6.92 Å². The first kappa shape index (κ1) is 18.8. The molecule has 1 aliphatic heterocycles. The van der Waals surface area contributed by atoms with E-state index in [1.54, 1.807) is 16.7 Å². The minimum Gasteiger partial charge on any atom is -0.356 e. The van der Waals surface area contributed by atoms with Gasteiger partial charge in [0.1, 0.15) is 23.6 Å². The maximum absolute atomic E-state index is 12.9. The van der Waals surface area contributed by atoms with Crippen molar-refractivity contribution < 1.29 is 12.9 Å². The van der Waals surface area contributed by atoms with Gasteiger partial charge < -0.3 is 9.42 Å². The summed E-state index contributed by atoms with van der Waals surface area (Å²) in [5.74, 6) is 0.721. The Labute approximate surface area is 164 Å². The standard InChI is InChI=1S/C19H23N5O3S/c1-14-11-19(21-13-20-14)23(2)15-7-9-24(10-8-15)28(25,26)12-17-16-5-3-4-6-18(16)27-22-17/h3-6,11,13,15H,7-10,12H2,1-2H3. The van der Waals surface area contributed by atoms with Crippen LogP contribution in [0.2, 0.25) is 0 Å². The molecule has 0 atom stereocenters. The van der Waals surface area contributed by atoms with Crippen molar-refractivity contribution in [3.8, 4) is 0 Å². The van der Waals surface area contributed by atoms with Crippen molar-refractivity contribution in [3.05, 3.63) is 48.0 Å². The Hall–Kier alpha value is -2.52. The fourth-order valence-electron chi connectivity index (χ4n) is 3.63. The van der Waals surface area contributed by atoms with Gasteiger partial charge in [-0.15, -0.1) is 0 Å². The number of piperidine rings is 1. The summed E-state index contributed by atoms with van der Waals surface area (Å²) in [6.45, 7) is 2.90. The van der Waals surface area contributed by atoms with Gasteiger partial charge in [-0.1, -0.05) is 17.3 Å². The molecule has 0 aliphatic carbocycles. The molecule has 0 saturated carbocycles. The Morgan fingerprint density at radius 2 is 1.96 bits per heavy atom. The summed E-state index contributed by atoms with van der Waals surface area (Å²) in [4.78, 5) is 10.6. The maximum Gasteiger partial charge on any atom is 0.220 e. The number of sulfonamides is 1. The fourth-order valence-corrected chi connectivity index (χ4v) is 5.14. The number of anilines is 1. The molecule has 9 heteroatoms. The molecule has 1 aromatic carbocycles. The van der Waals surface area contributed by atoms with Crippen LogP contribution in [-0.4, -0.2) is 54.0 Å². The summed E-state index contributed by atoms with van der Waals surface area (Å²) in [5.41, 5.74) is 1.98. The van der Waals surface area contributed by atoms with Crippen LogP contribution in [0.5, 0.6) is 0 Å². The Morgan fingerprint density at radius 3 is 2.71 bits per heavy atom. The van der Waals surface area contributed by atoms with Gasteiger partial charge in [0, 0.05) is 43.3 Å². The molecule has 1 saturated heterocycles. The predicted molar refractivity (Wildman–Crippen MR) is 106 cm³/mol. The molecule has 0 radical (unpaired) electrons. The van der Waals surface area contributed by atoms with Crippen molar-refractivity contribution >= 4 is 26.8 Å². The Balaban J connectivity index is 1.42. The average molecular weight is 401 g/mol. The van der Waals surface area contributed by atoms with Crippen LogP contribution in [-0.2, 0) is 15.8 Å². The monoisotopic (exact) mass is 401 g/mol. The third-order valence-corrected chi connectivity index (χ3v) is 7.08. The second-order valence-corrected chi connectivity index (χ2v) is 9.11. The van der Waals surface area contributed by atoms with Gasteiger partial charge in [-0.25, -0.2) is 22.7 Å². The van der Waals surface area contributed by atoms with Gasteiger partial charge in [-0.3, -0.25) is 0 Å². The van der Waals surface area contributed by atoms with Gasteiger partial charge in [0.15, 0.2) is 5.58 Å². The van der Waals surface area contributed by atoms with Gasteiger partial charge in [-0.2, -0.15) is 0 Å². The van der Waals surface area contributed by atoms with E-state index < -0.39 is 10.0 Å². The van der Waals surface area contributed by atoms with Crippen molar-refractivity contribution in [1.82, 2.24) is 19.4 Å². The normalized spacial score (nSPS) is 16.5. The van der Waals surface area contributed by atoms with Gasteiger partial charge >= 0.3 is 0 Å². The van der Waals surface area contributed by atoms with E-state index in [4.69, 9.17) is 4.52 Å². The molecule has 0 amide bonds. The second kappa shape index (κ2) is 7.48. The topological polar surface area (TPSA) is 92.4 Å². The molecule has 8 nitrogen and oxygen atoms in total. The van der Waals surface area contributed by atoms with E-state index in [2.05, 4.69) is 20.0 Å². The summed E-state index contributed by atoms with van der Waals surface area (Å²) in [6.07, 6.45) is 3.06. The number of benzene rings is 1. The number of aromatic nitrogens is 3. The van der Waals surface area contributed by atoms with Crippen molar-refractivity contribution in [2.75, 3.05) is 25.0 Å². The Kier molecular flexibility index (Phi) is 5.03. The number of fused-ring (bicyclic) bond motifs is 1. The molecular formula is C19H23N5O3S. The first-order valence-electron chi connectivity index (χ1n) is 9.26. The summed E-state index contributed by atoms with van der Waals surface area (Å²) in [5, 5.41) is 4.71. The van der Waals surface area contributed by atoms with Gasteiger partial charge in [0.25, 0.3) is 0 Å². The van der Waals surface area contributed by atoms with Gasteiger partial charge in [0.2, 0.25) is 10.0 Å². The number of nitrogens with zero attached hydrogens (tertiary/aromatic N) is 5. The third kappa shape index (κ3) is 3.72. The highest BCUT2D eigenvalue weighted by Gasteiger charge is 2.31. The lowest BCUT2D eigenvalue weighted by Crippen LogP contribution is -2.46. The highest BCUT2D eigenvalue weighted by Crippen LogP contribution is 2.25. The van der Waals surface area contributed by atoms with E-state index in [-0.39, 0.29) is 11.8 Å². The molecule has 1 fully saturated rings. The number of hydrogen-bond donors (Lipinski definition) is 0. The zero-order chi connectivity index (χ0) is 19.7.